The van der Waals surface area contributed by atoms with Gasteiger partial charge in [-0.2, -0.15) is 0 Å². The number of hydrogen-bond acceptors (Lipinski definition) is 4. The largest absolute Gasteiger partial charge is 0.445 e. The molecule has 26 heavy (non-hydrogen) atoms. The Bertz CT molecular complexity index is 896. The minimum absolute atomic E-state index is 0.0392. The molecule has 5 heteroatoms. The third-order valence-corrected chi connectivity index (χ3v) is 4.76. The van der Waals surface area contributed by atoms with Crippen molar-refractivity contribution >= 4 is 11.6 Å². The van der Waals surface area contributed by atoms with E-state index in [1.54, 1.807) is 12.5 Å². The van der Waals surface area contributed by atoms with Crippen LogP contribution in [-0.2, 0) is 4.79 Å². The molecule has 0 saturated carbocycles. The lowest BCUT2D eigenvalue weighted by Gasteiger charge is -2.12. The number of nitrogens with zero attached hydrogens (tertiary/aromatic N) is 1. The Kier molecular flexibility index (Phi) is 4.54. The number of amides is 1. The maximum Gasteiger partial charge on any atom is 0.241 e. The summed E-state index contributed by atoms with van der Waals surface area (Å²) in [6.45, 7) is 2.99. The van der Waals surface area contributed by atoms with E-state index in [4.69, 9.17) is 4.42 Å². The third-order valence-electron chi connectivity index (χ3n) is 4.76. The second-order valence-corrected chi connectivity index (χ2v) is 6.58. The number of oxazole rings is 1. The zero-order chi connectivity index (χ0) is 17.9. The highest BCUT2D eigenvalue weighted by atomic mass is 16.3. The number of anilines is 1. The fourth-order valence-electron chi connectivity index (χ4n) is 3.30. The molecule has 1 atom stereocenters. The van der Waals surface area contributed by atoms with E-state index in [0.29, 0.717) is 5.89 Å². The van der Waals surface area contributed by atoms with Gasteiger partial charge in [-0.1, -0.05) is 18.2 Å². The predicted octanol–water partition coefficient (Wildman–Crippen LogP) is 4.01. The summed E-state index contributed by atoms with van der Waals surface area (Å²) in [6.07, 6.45) is 5.17. The van der Waals surface area contributed by atoms with Gasteiger partial charge >= 0.3 is 0 Å². The number of carbonyl (C=O) groups excluding carboxylic acids is 1. The molecule has 1 aliphatic heterocycles. The van der Waals surface area contributed by atoms with E-state index in [1.807, 2.05) is 30.3 Å². The molecule has 1 amide bonds. The molecule has 0 spiro atoms. The van der Waals surface area contributed by atoms with Crippen molar-refractivity contribution in [2.24, 2.45) is 0 Å². The molecule has 1 aromatic heterocycles. The monoisotopic (exact) mass is 347 g/mol. The minimum Gasteiger partial charge on any atom is -0.445 e. The lowest BCUT2D eigenvalue weighted by molar-refractivity contribution is -0.117. The molecular weight excluding hydrogens is 326 g/mol. The topological polar surface area (TPSA) is 67.2 Å². The van der Waals surface area contributed by atoms with Gasteiger partial charge in [0.25, 0.3) is 0 Å². The van der Waals surface area contributed by atoms with Crippen molar-refractivity contribution < 1.29 is 9.21 Å². The lowest BCUT2D eigenvalue weighted by atomic mass is 9.98. The Balaban J connectivity index is 1.55. The quantitative estimate of drug-likeness (QED) is 0.748. The maximum absolute atomic E-state index is 12.2. The molecule has 2 heterocycles. The van der Waals surface area contributed by atoms with E-state index in [-0.39, 0.29) is 11.9 Å². The van der Waals surface area contributed by atoms with Crippen LogP contribution in [0, 0.1) is 6.92 Å². The lowest BCUT2D eigenvalue weighted by Crippen LogP contribution is -2.35. The van der Waals surface area contributed by atoms with Crippen molar-refractivity contribution in [2.45, 2.75) is 25.8 Å². The second-order valence-electron chi connectivity index (χ2n) is 6.58. The van der Waals surface area contributed by atoms with Crippen LogP contribution in [0.25, 0.3) is 22.6 Å². The fraction of sp³-hybridized carbons (Fsp3) is 0.238. The van der Waals surface area contributed by atoms with Crippen LogP contribution in [-0.4, -0.2) is 23.5 Å². The fourth-order valence-corrected chi connectivity index (χ4v) is 3.30. The van der Waals surface area contributed by atoms with Gasteiger partial charge in [-0.05, 0) is 67.3 Å². The molecule has 2 N–H and O–H groups in total. The van der Waals surface area contributed by atoms with E-state index >= 15 is 0 Å². The van der Waals surface area contributed by atoms with Crippen LogP contribution in [0.3, 0.4) is 0 Å². The first-order chi connectivity index (χ1) is 12.7. The van der Waals surface area contributed by atoms with E-state index < -0.39 is 0 Å². The van der Waals surface area contributed by atoms with E-state index in [2.05, 4.69) is 34.7 Å². The smallest absolute Gasteiger partial charge is 0.241 e. The standard InChI is InChI=1S/C21H21N3O2/c1-14-4-5-16(21-23-11-12-26-21)13-18(14)15-6-8-17(9-7-15)24-20(25)19-3-2-10-22-19/h4-9,11-13,19,22H,2-3,10H2,1H3,(H,24,25). The highest BCUT2D eigenvalue weighted by molar-refractivity contribution is 5.95. The molecule has 0 bridgehead atoms. The summed E-state index contributed by atoms with van der Waals surface area (Å²) in [5.41, 5.74) is 5.14. The molecule has 5 nitrogen and oxygen atoms in total. The Morgan fingerprint density at radius 1 is 1.19 bits per heavy atom. The Morgan fingerprint density at radius 2 is 2.00 bits per heavy atom. The molecule has 1 unspecified atom stereocenters. The molecule has 1 saturated heterocycles. The van der Waals surface area contributed by atoms with Gasteiger partial charge in [0.1, 0.15) is 6.26 Å². The average Bonchev–Trinajstić information content (AvgIpc) is 3.37. The summed E-state index contributed by atoms with van der Waals surface area (Å²) in [6, 6.07) is 14.0. The summed E-state index contributed by atoms with van der Waals surface area (Å²) in [5.74, 6) is 0.650. The van der Waals surface area contributed by atoms with E-state index in [1.165, 1.54) is 5.56 Å². The van der Waals surface area contributed by atoms with Crippen LogP contribution in [0.5, 0.6) is 0 Å². The zero-order valence-corrected chi connectivity index (χ0v) is 14.7. The zero-order valence-electron chi connectivity index (χ0n) is 14.7. The van der Waals surface area contributed by atoms with Gasteiger partial charge in [-0.15, -0.1) is 0 Å². The van der Waals surface area contributed by atoms with Crippen LogP contribution < -0.4 is 10.6 Å². The maximum atomic E-state index is 12.2. The molecule has 3 aromatic rings. The second kappa shape index (κ2) is 7.14. The highest BCUT2D eigenvalue weighted by Crippen LogP contribution is 2.29. The van der Waals surface area contributed by atoms with Crippen LogP contribution in [0.4, 0.5) is 5.69 Å². The van der Waals surface area contributed by atoms with Crippen molar-refractivity contribution in [3.63, 3.8) is 0 Å². The predicted molar refractivity (Wildman–Crippen MR) is 102 cm³/mol. The SMILES string of the molecule is Cc1ccc(-c2ncco2)cc1-c1ccc(NC(=O)C2CCCN2)cc1. The molecule has 132 valence electrons. The molecular formula is C21H21N3O2. The average molecular weight is 347 g/mol. The van der Waals surface area contributed by atoms with Crippen LogP contribution in [0.15, 0.2) is 59.3 Å². The molecule has 2 aromatic carbocycles. The number of benzene rings is 2. The van der Waals surface area contributed by atoms with Crippen molar-refractivity contribution in [3.05, 3.63) is 60.5 Å². The molecule has 0 aliphatic carbocycles. The van der Waals surface area contributed by atoms with E-state index in [9.17, 15) is 4.79 Å². The normalized spacial score (nSPS) is 16.6. The number of rotatable bonds is 4. The van der Waals surface area contributed by atoms with Gasteiger partial charge in [0, 0.05) is 11.3 Å². The van der Waals surface area contributed by atoms with Crippen LogP contribution >= 0.6 is 0 Å². The summed E-state index contributed by atoms with van der Waals surface area (Å²) in [7, 11) is 0. The number of aromatic nitrogens is 1. The van der Waals surface area contributed by atoms with Gasteiger partial charge < -0.3 is 15.1 Å². The Labute approximate surface area is 152 Å². The highest BCUT2D eigenvalue weighted by Gasteiger charge is 2.21. The molecule has 0 radical (unpaired) electrons. The van der Waals surface area contributed by atoms with Crippen LogP contribution in [0.2, 0.25) is 0 Å². The first kappa shape index (κ1) is 16.5. The van der Waals surface area contributed by atoms with Gasteiger partial charge in [-0.25, -0.2) is 4.98 Å². The van der Waals surface area contributed by atoms with Crippen molar-refractivity contribution in [2.75, 3.05) is 11.9 Å². The van der Waals surface area contributed by atoms with E-state index in [0.717, 1.165) is 41.8 Å². The Morgan fingerprint density at radius 3 is 2.69 bits per heavy atom. The number of carbonyl (C=O) groups is 1. The summed E-state index contributed by atoms with van der Waals surface area (Å²) >= 11 is 0. The molecule has 1 aliphatic rings. The van der Waals surface area contributed by atoms with Crippen molar-refractivity contribution in [3.8, 4) is 22.6 Å². The Hall–Kier alpha value is -2.92. The first-order valence-corrected chi connectivity index (χ1v) is 8.86. The molecule has 1 fully saturated rings. The van der Waals surface area contributed by atoms with Crippen molar-refractivity contribution in [1.29, 1.82) is 0 Å². The summed E-state index contributed by atoms with van der Waals surface area (Å²) in [5, 5.41) is 6.20. The summed E-state index contributed by atoms with van der Waals surface area (Å²) in [4.78, 5) is 16.4. The minimum atomic E-state index is -0.0746. The third kappa shape index (κ3) is 3.39. The number of nitrogens with one attached hydrogen (secondary N) is 2. The molecule has 4 rings (SSSR count). The number of hydrogen-bond donors (Lipinski definition) is 2. The van der Waals surface area contributed by atoms with Gasteiger partial charge in [0.05, 0.1) is 12.2 Å². The number of aryl methyl sites for hydroxylation is 1. The van der Waals surface area contributed by atoms with Crippen LogP contribution in [0.1, 0.15) is 18.4 Å². The first-order valence-electron chi connectivity index (χ1n) is 8.86. The van der Waals surface area contributed by atoms with Gasteiger partial charge in [-0.3, -0.25) is 4.79 Å². The van der Waals surface area contributed by atoms with Crippen molar-refractivity contribution in [1.82, 2.24) is 10.3 Å². The van der Waals surface area contributed by atoms with Gasteiger partial charge in [0.15, 0.2) is 0 Å². The summed E-state index contributed by atoms with van der Waals surface area (Å²) < 4.78 is 5.40. The van der Waals surface area contributed by atoms with Gasteiger partial charge in [0.2, 0.25) is 11.8 Å².